The van der Waals surface area contributed by atoms with Crippen LogP contribution < -0.4 is 10.6 Å². The van der Waals surface area contributed by atoms with E-state index in [0.29, 0.717) is 18.9 Å². The molecule has 1 aliphatic heterocycles. The number of carbonyl (C=O) groups excluding carboxylic acids is 1. The molecule has 0 saturated heterocycles. The summed E-state index contributed by atoms with van der Waals surface area (Å²) in [6.45, 7) is 6.92. The highest BCUT2D eigenvalue weighted by atomic mass is 16.1. The summed E-state index contributed by atoms with van der Waals surface area (Å²) in [7, 11) is 0. The molecule has 0 aromatic heterocycles. The van der Waals surface area contributed by atoms with Gasteiger partial charge in [-0.2, -0.15) is 0 Å². The molecule has 3 rings (SSSR count). The molecule has 0 atom stereocenters. The average molecular weight is 322 g/mol. The first-order valence-electron chi connectivity index (χ1n) is 8.76. The number of rotatable bonds is 6. The first-order valence-corrected chi connectivity index (χ1v) is 8.76. The Bertz CT molecular complexity index is 704. The van der Waals surface area contributed by atoms with Gasteiger partial charge in [0.1, 0.15) is 0 Å². The Hall–Kier alpha value is -2.13. The van der Waals surface area contributed by atoms with Gasteiger partial charge < -0.3 is 10.6 Å². The SMILES string of the molecule is CC(C)Cc1ccc(CC(=O)NCc2ccc3c(c2)CNC3)cc1. The molecule has 3 heteroatoms. The third-order valence-corrected chi connectivity index (χ3v) is 4.42. The van der Waals surface area contributed by atoms with Crippen molar-refractivity contribution >= 4 is 5.91 Å². The number of amides is 1. The van der Waals surface area contributed by atoms with E-state index >= 15 is 0 Å². The fourth-order valence-electron chi connectivity index (χ4n) is 3.17. The highest BCUT2D eigenvalue weighted by Gasteiger charge is 2.10. The second kappa shape index (κ2) is 7.63. The van der Waals surface area contributed by atoms with Crippen molar-refractivity contribution < 1.29 is 4.79 Å². The number of hydrogen-bond donors (Lipinski definition) is 2. The molecule has 0 unspecified atom stereocenters. The van der Waals surface area contributed by atoms with E-state index in [1.54, 1.807) is 0 Å². The molecule has 1 aliphatic rings. The van der Waals surface area contributed by atoms with E-state index in [-0.39, 0.29) is 5.91 Å². The number of fused-ring (bicyclic) bond motifs is 1. The molecule has 2 aromatic carbocycles. The van der Waals surface area contributed by atoms with Crippen molar-refractivity contribution in [2.24, 2.45) is 5.92 Å². The molecule has 2 aromatic rings. The van der Waals surface area contributed by atoms with Crippen molar-refractivity contribution in [3.05, 3.63) is 70.3 Å². The summed E-state index contributed by atoms with van der Waals surface area (Å²) in [5.41, 5.74) is 6.28. The van der Waals surface area contributed by atoms with Gasteiger partial charge in [-0.05, 0) is 40.2 Å². The lowest BCUT2D eigenvalue weighted by molar-refractivity contribution is -0.120. The van der Waals surface area contributed by atoms with Crippen LogP contribution in [-0.2, 0) is 37.3 Å². The molecule has 24 heavy (non-hydrogen) atoms. The fourth-order valence-corrected chi connectivity index (χ4v) is 3.17. The monoisotopic (exact) mass is 322 g/mol. The smallest absolute Gasteiger partial charge is 0.224 e. The Morgan fingerprint density at radius 1 is 1.00 bits per heavy atom. The van der Waals surface area contributed by atoms with Crippen molar-refractivity contribution in [1.29, 1.82) is 0 Å². The van der Waals surface area contributed by atoms with Crippen LogP contribution >= 0.6 is 0 Å². The van der Waals surface area contributed by atoms with Gasteiger partial charge in [-0.25, -0.2) is 0 Å². The maximum atomic E-state index is 12.2. The van der Waals surface area contributed by atoms with Crippen molar-refractivity contribution in [3.8, 4) is 0 Å². The molecule has 2 N–H and O–H groups in total. The summed E-state index contributed by atoms with van der Waals surface area (Å²) in [4.78, 5) is 12.2. The molecule has 0 fully saturated rings. The first-order chi connectivity index (χ1) is 11.6. The largest absolute Gasteiger partial charge is 0.352 e. The third-order valence-electron chi connectivity index (χ3n) is 4.42. The third kappa shape index (κ3) is 4.45. The number of hydrogen-bond acceptors (Lipinski definition) is 2. The zero-order chi connectivity index (χ0) is 16.9. The van der Waals surface area contributed by atoms with E-state index in [9.17, 15) is 4.79 Å². The average Bonchev–Trinajstić information content (AvgIpc) is 3.02. The minimum absolute atomic E-state index is 0.0743. The Labute approximate surface area is 144 Å². The molecule has 1 heterocycles. The van der Waals surface area contributed by atoms with E-state index in [1.165, 1.54) is 16.7 Å². The van der Waals surface area contributed by atoms with Gasteiger partial charge in [-0.1, -0.05) is 56.3 Å². The van der Waals surface area contributed by atoms with Crippen LogP contribution in [0.4, 0.5) is 0 Å². The molecule has 126 valence electrons. The Balaban J connectivity index is 1.50. The van der Waals surface area contributed by atoms with Crippen LogP contribution in [-0.4, -0.2) is 5.91 Å². The topological polar surface area (TPSA) is 41.1 Å². The minimum Gasteiger partial charge on any atom is -0.352 e. The lowest BCUT2D eigenvalue weighted by Gasteiger charge is -2.08. The van der Waals surface area contributed by atoms with Crippen LogP contribution in [0.2, 0.25) is 0 Å². The fraction of sp³-hybridized carbons (Fsp3) is 0.381. The Kier molecular flexibility index (Phi) is 5.31. The summed E-state index contributed by atoms with van der Waals surface area (Å²) in [5.74, 6) is 0.729. The minimum atomic E-state index is 0.0743. The van der Waals surface area contributed by atoms with Gasteiger partial charge in [0.25, 0.3) is 0 Å². The lowest BCUT2D eigenvalue weighted by atomic mass is 10.0. The number of nitrogens with one attached hydrogen (secondary N) is 2. The number of benzene rings is 2. The van der Waals surface area contributed by atoms with E-state index < -0.39 is 0 Å². The summed E-state index contributed by atoms with van der Waals surface area (Å²) in [6, 6.07) is 14.9. The van der Waals surface area contributed by atoms with Crippen molar-refractivity contribution in [3.63, 3.8) is 0 Å². The summed E-state index contributed by atoms with van der Waals surface area (Å²) < 4.78 is 0. The summed E-state index contributed by atoms with van der Waals surface area (Å²) in [6.07, 6.45) is 1.52. The van der Waals surface area contributed by atoms with Crippen LogP contribution in [0, 0.1) is 5.92 Å². The predicted molar refractivity (Wildman–Crippen MR) is 97.5 cm³/mol. The van der Waals surface area contributed by atoms with Crippen LogP contribution in [0.3, 0.4) is 0 Å². The lowest BCUT2D eigenvalue weighted by Crippen LogP contribution is -2.24. The molecular weight excluding hydrogens is 296 g/mol. The van der Waals surface area contributed by atoms with Crippen LogP contribution in [0.15, 0.2) is 42.5 Å². The van der Waals surface area contributed by atoms with E-state index in [1.807, 2.05) is 0 Å². The van der Waals surface area contributed by atoms with E-state index in [2.05, 4.69) is 66.9 Å². The van der Waals surface area contributed by atoms with Gasteiger partial charge in [-0.15, -0.1) is 0 Å². The van der Waals surface area contributed by atoms with Gasteiger partial charge in [0.2, 0.25) is 5.91 Å². The highest BCUT2D eigenvalue weighted by molar-refractivity contribution is 5.78. The summed E-state index contributed by atoms with van der Waals surface area (Å²) in [5, 5.41) is 6.37. The van der Waals surface area contributed by atoms with Gasteiger partial charge >= 0.3 is 0 Å². The summed E-state index contributed by atoms with van der Waals surface area (Å²) >= 11 is 0. The van der Waals surface area contributed by atoms with E-state index in [0.717, 1.165) is 30.6 Å². The second-order valence-electron chi connectivity index (χ2n) is 7.07. The predicted octanol–water partition coefficient (Wildman–Crippen LogP) is 3.35. The van der Waals surface area contributed by atoms with Crippen LogP contribution in [0.25, 0.3) is 0 Å². The molecule has 1 amide bonds. The van der Waals surface area contributed by atoms with E-state index in [4.69, 9.17) is 0 Å². The number of carbonyl (C=O) groups is 1. The molecule has 0 bridgehead atoms. The maximum Gasteiger partial charge on any atom is 0.224 e. The molecule has 0 spiro atoms. The zero-order valence-corrected chi connectivity index (χ0v) is 14.6. The van der Waals surface area contributed by atoms with Gasteiger partial charge in [-0.3, -0.25) is 4.79 Å². The van der Waals surface area contributed by atoms with Crippen molar-refractivity contribution in [1.82, 2.24) is 10.6 Å². The standard InChI is InChI=1S/C21H26N2O/c1-15(2)9-16-3-5-17(6-4-16)11-21(24)23-12-18-7-8-19-13-22-14-20(19)10-18/h3-8,10,15,22H,9,11-14H2,1-2H3,(H,23,24). The zero-order valence-electron chi connectivity index (χ0n) is 14.6. The second-order valence-corrected chi connectivity index (χ2v) is 7.07. The van der Waals surface area contributed by atoms with Crippen molar-refractivity contribution in [2.45, 2.75) is 46.3 Å². The Morgan fingerprint density at radius 3 is 2.42 bits per heavy atom. The van der Waals surface area contributed by atoms with Gasteiger partial charge in [0.15, 0.2) is 0 Å². The highest BCUT2D eigenvalue weighted by Crippen LogP contribution is 2.17. The van der Waals surface area contributed by atoms with Crippen LogP contribution in [0.1, 0.15) is 41.7 Å². The molecule has 0 aliphatic carbocycles. The van der Waals surface area contributed by atoms with Gasteiger partial charge in [0, 0.05) is 19.6 Å². The quantitative estimate of drug-likeness (QED) is 0.856. The first kappa shape index (κ1) is 16.7. The molecule has 3 nitrogen and oxygen atoms in total. The molecular formula is C21H26N2O. The van der Waals surface area contributed by atoms with Gasteiger partial charge in [0.05, 0.1) is 6.42 Å². The Morgan fingerprint density at radius 2 is 1.67 bits per heavy atom. The normalized spacial score (nSPS) is 13.1. The molecule has 0 radical (unpaired) electrons. The molecule has 0 saturated carbocycles. The van der Waals surface area contributed by atoms with Crippen LogP contribution in [0.5, 0.6) is 0 Å². The maximum absolute atomic E-state index is 12.2. The van der Waals surface area contributed by atoms with Crippen molar-refractivity contribution in [2.75, 3.05) is 0 Å².